The Morgan fingerprint density at radius 3 is 2.02 bits per heavy atom. The van der Waals surface area contributed by atoms with Gasteiger partial charge in [0.05, 0.1) is 0 Å². The molecule has 0 amide bonds. The van der Waals surface area contributed by atoms with Gasteiger partial charge in [0, 0.05) is 5.41 Å². The third-order valence-electron chi connectivity index (χ3n) is 10.5. The molecule has 210 valence electrons. The van der Waals surface area contributed by atoms with Crippen molar-refractivity contribution in [2.75, 3.05) is 0 Å². The van der Waals surface area contributed by atoms with Crippen LogP contribution >= 0.6 is 0 Å². The maximum atomic E-state index is 3.88. The molecule has 3 aromatic rings. The maximum absolute atomic E-state index is 3.88. The van der Waals surface area contributed by atoms with Gasteiger partial charge >= 0.3 is 0 Å². The summed E-state index contributed by atoms with van der Waals surface area (Å²) < 4.78 is 0. The molecule has 0 saturated heterocycles. The molecule has 3 aromatic carbocycles. The smallest absolute Gasteiger partial charge is 0.000162 e. The average Bonchev–Trinajstić information content (AvgIpc) is 3.25. The van der Waals surface area contributed by atoms with Crippen molar-refractivity contribution in [3.63, 3.8) is 0 Å². The van der Waals surface area contributed by atoms with Crippen LogP contribution in [0.3, 0.4) is 0 Å². The molecule has 0 heterocycles. The molecule has 1 aliphatic carbocycles. The molecule has 0 fully saturated rings. The third-order valence-corrected chi connectivity index (χ3v) is 10.5. The lowest BCUT2D eigenvalue weighted by atomic mass is 9.55. The Hall–Kier alpha value is -3.12. The minimum Gasteiger partial charge on any atom is -0.0991 e. The summed E-state index contributed by atoms with van der Waals surface area (Å²) in [6.07, 6.45) is 11.9. The Labute approximate surface area is 244 Å². The van der Waals surface area contributed by atoms with Gasteiger partial charge in [-0.05, 0) is 133 Å². The lowest BCUT2D eigenvalue weighted by Crippen LogP contribution is -2.42. The Morgan fingerprint density at radius 2 is 1.40 bits per heavy atom. The first-order chi connectivity index (χ1) is 19.1. The first-order valence-electron chi connectivity index (χ1n) is 15.4. The van der Waals surface area contributed by atoms with E-state index in [1.54, 1.807) is 0 Å². The largest absolute Gasteiger partial charge is 0.0991 e. The van der Waals surface area contributed by atoms with Gasteiger partial charge in [-0.1, -0.05) is 107 Å². The summed E-state index contributed by atoms with van der Waals surface area (Å²) >= 11 is 0. The van der Waals surface area contributed by atoms with Crippen LogP contribution in [0, 0.1) is 26.2 Å². The van der Waals surface area contributed by atoms with E-state index in [1.165, 1.54) is 79.6 Å². The Bertz CT molecular complexity index is 1460. The second-order valence-electron chi connectivity index (χ2n) is 12.5. The van der Waals surface area contributed by atoms with Gasteiger partial charge in [-0.15, -0.1) is 0 Å². The van der Waals surface area contributed by atoms with Crippen LogP contribution in [-0.2, 0) is 11.8 Å². The molecule has 0 aliphatic heterocycles. The van der Waals surface area contributed by atoms with Crippen molar-refractivity contribution in [2.24, 2.45) is 5.41 Å². The number of allylic oxidation sites excluding steroid dienone is 5. The number of aryl methyl sites for hydroxylation is 3. The van der Waals surface area contributed by atoms with Crippen molar-refractivity contribution in [3.05, 3.63) is 112 Å². The SMILES string of the molecule is C=C/C=C\C1=C(C)Cc2cc(C)c(-c3cc(-c4cc(C)cc(C(CC)(CC)C(C)(CC)CC)c4)ccc3C)cc21. The number of rotatable bonds is 10. The maximum Gasteiger partial charge on any atom is 0.000162 e. The lowest BCUT2D eigenvalue weighted by molar-refractivity contribution is 0.110. The van der Waals surface area contributed by atoms with E-state index in [2.05, 4.69) is 130 Å². The molecule has 0 heteroatoms. The van der Waals surface area contributed by atoms with E-state index in [0.717, 1.165) is 19.3 Å². The summed E-state index contributed by atoms with van der Waals surface area (Å²) in [4.78, 5) is 0. The standard InChI is InChI=1S/C40H50/c1-11-16-17-35-29(8)22-33-23-30(9)37(26-38(33)35)36-25-31(19-18-28(36)7)32-20-27(6)21-34(24-32)40(14-4,15-5)39(10,12-2)13-3/h11,16-21,23-26H,1,12-15,22H2,2-10H3/b17-16-. The number of hydrogen-bond acceptors (Lipinski definition) is 0. The molecule has 0 nitrogen and oxygen atoms in total. The normalized spacial score (nSPS) is 13.8. The van der Waals surface area contributed by atoms with Gasteiger partial charge in [0.1, 0.15) is 0 Å². The van der Waals surface area contributed by atoms with E-state index < -0.39 is 0 Å². The second-order valence-corrected chi connectivity index (χ2v) is 12.5. The van der Waals surface area contributed by atoms with Crippen LogP contribution in [0.15, 0.2) is 78.9 Å². The average molecular weight is 531 g/mol. The zero-order chi connectivity index (χ0) is 29.2. The lowest BCUT2D eigenvalue weighted by Gasteiger charge is -2.49. The van der Waals surface area contributed by atoms with Gasteiger partial charge in [-0.2, -0.15) is 0 Å². The summed E-state index contributed by atoms with van der Waals surface area (Å²) in [5.41, 5.74) is 16.9. The van der Waals surface area contributed by atoms with Crippen LogP contribution in [0.25, 0.3) is 27.8 Å². The molecule has 0 unspecified atom stereocenters. The van der Waals surface area contributed by atoms with E-state index in [9.17, 15) is 0 Å². The van der Waals surface area contributed by atoms with Crippen molar-refractivity contribution in [1.82, 2.24) is 0 Å². The molecule has 0 atom stereocenters. The summed E-state index contributed by atoms with van der Waals surface area (Å²) in [6, 6.07) is 19.3. The predicted octanol–water partition coefficient (Wildman–Crippen LogP) is 11.9. The highest BCUT2D eigenvalue weighted by Crippen LogP contribution is 2.52. The first-order valence-corrected chi connectivity index (χ1v) is 15.4. The number of hydrogen-bond donors (Lipinski definition) is 0. The quantitative estimate of drug-likeness (QED) is 0.229. The van der Waals surface area contributed by atoms with Gasteiger partial charge in [0.2, 0.25) is 0 Å². The van der Waals surface area contributed by atoms with Gasteiger partial charge < -0.3 is 0 Å². The molecule has 40 heavy (non-hydrogen) atoms. The molecule has 0 bridgehead atoms. The van der Waals surface area contributed by atoms with Crippen LogP contribution in [0.5, 0.6) is 0 Å². The Kier molecular flexibility index (Phi) is 8.79. The van der Waals surface area contributed by atoms with E-state index in [-0.39, 0.29) is 10.8 Å². The molecule has 0 radical (unpaired) electrons. The van der Waals surface area contributed by atoms with Gasteiger partial charge in [-0.25, -0.2) is 0 Å². The van der Waals surface area contributed by atoms with Crippen LogP contribution in [0.1, 0.15) is 101 Å². The van der Waals surface area contributed by atoms with E-state index in [1.807, 2.05) is 6.08 Å². The summed E-state index contributed by atoms with van der Waals surface area (Å²) in [7, 11) is 0. The highest BCUT2D eigenvalue weighted by Gasteiger charge is 2.44. The Morgan fingerprint density at radius 1 is 0.725 bits per heavy atom. The van der Waals surface area contributed by atoms with Crippen LogP contribution < -0.4 is 0 Å². The van der Waals surface area contributed by atoms with Crippen LogP contribution in [-0.4, -0.2) is 0 Å². The third kappa shape index (κ3) is 5.07. The zero-order valence-electron chi connectivity index (χ0n) is 26.6. The van der Waals surface area contributed by atoms with Crippen LogP contribution in [0.2, 0.25) is 0 Å². The first kappa shape index (κ1) is 29.9. The van der Waals surface area contributed by atoms with Gasteiger partial charge in [0.15, 0.2) is 0 Å². The van der Waals surface area contributed by atoms with Crippen molar-refractivity contribution >= 4 is 5.57 Å². The van der Waals surface area contributed by atoms with Crippen LogP contribution in [0.4, 0.5) is 0 Å². The fourth-order valence-corrected chi connectivity index (χ4v) is 7.57. The van der Waals surface area contributed by atoms with E-state index >= 15 is 0 Å². The molecule has 0 aromatic heterocycles. The number of fused-ring (bicyclic) bond motifs is 1. The molecule has 4 rings (SSSR count). The monoisotopic (exact) mass is 530 g/mol. The minimum absolute atomic E-state index is 0.168. The minimum atomic E-state index is 0.168. The van der Waals surface area contributed by atoms with Crippen molar-refractivity contribution in [2.45, 2.75) is 99.8 Å². The fourth-order valence-electron chi connectivity index (χ4n) is 7.57. The molecular weight excluding hydrogens is 480 g/mol. The fraction of sp³-hybridized carbons (Fsp3) is 0.400. The topological polar surface area (TPSA) is 0 Å². The number of benzene rings is 3. The summed E-state index contributed by atoms with van der Waals surface area (Å²) in [5, 5.41) is 0. The van der Waals surface area contributed by atoms with Crippen molar-refractivity contribution in [3.8, 4) is 22.3 Å². The zero-order valence-corrected chi connectivity index (χ0v) is 26.6. The predicted molar refractivity (Wildman–Crippen MR) is 178 cm³/mol. The van der Waals surface area contributed by atoms with Gasteiger partial charge in [0.25, 0.3) is 0 Å². The summed E-state index contributed by atoms with van der Waals surface area (Å²) in [6.45, 7) is 25.0. The highest BCUT2D eigenvalue weighted by atomic mass is 14.5. The van der Waals surface area contributed by atoms with Crippen molar-refractivity contribution in [1.29, 1.82) is 0 Å². The van der Waals surface area contributed by atoms with Crippen molar-refractivity contribution < 1.29 is 0 Å². The molecule has 0 spiro atoms. The van der Waals surface area contributed by atoms with E-state index in [4.69, 9.17) is 0 Å². The summed E-state index contributed by atoms with van der Waals surface area (Å²) in [5.74, 6) is 0. The molecule has 0 N–H and O–H groups in total. The van der Waals surface area contributed by atoms with Gasteiger partial charge in [-0.3, -0.25) is 0 Å². The highest BCUT2D eigenvalue weighted by molar-refractivity contribution is 5.87. The molecule has 1 aliphatic rings. The Balaban J connectivity index is 1.87. The second kappa shape index (κ2) is 11.8. The van der Waals surface area contributed by atoms with E-state index in [0.29, 0.717) is 0 Å². The molecule has 0 saturated carbocycles. The molecular formula is C40H50.